The SMILES string of the molecule is CCCCc1ccc(-c2cc(Br)cc3c2C(C)=CC3)cc1. The molecule has 21 heavy (non-hydrogen) atoms. The molecule has 0 aliphatic heterocycles. The monoisotopic (exact) mass is 340 g/mol. The number of hydrogen-bond donors (Lipinski definition) is 0. The Labute approximate surface area is 136 Å². The van der Waals surface area contributed by atoms with Crippen LogP contribution in [0.5, 0.6) is 0 Å². The smallest absolute Gasteiger partial charge is 0.0184 e. The Morgan fingerprint density at radius 2 is 1.86 bits per heavy atom. The van der Waals surface area contributed by atoms with Gasteiger partial charge in [0.1, 0.15) is 0 Å². The highest BCUT2D eigenvalue weighted by Gasteiger charge is 2.17. The van der Waals surface area contributed by atoms with Gasteiger partial charge in [-0.25, -0.2) is 0 Å². The number of allylic oxidation sites excluding steroid dienone is 2. The van der Waals surface area contributed by atoms with Gasteiger partial charge in [0, 0.05) is 4.47 Å². The van der Waals surface area contributed by atoms with E-state index in [0.29, 0.717) is 0 Å². The van der Waals surface area contributed by atoms with Gasteiger partial charge in [0.2, 0.25) is 0 Å². The quantitative estimate of drug-likeness (QED) is 0.602. The van der Waals surface area contributed by atoms with Crippen molar-refractivity contribution < 1.29 is 0 Å². The first-order valence-electron chi connectivity index (χ1n) is 7.78. The number of fused-ring (bicyclic) bond motifs is 1. The summed E-state index contributed by atoms with van der Waals surface area (Å²) in [4.78, 5) is 0. The van der Waals surface area contributed by atoms with Crippen molar-refractivity contribution >= 4 is 21.5 Å². The number of rotatable bonds is 4. The second kappa shape index (κ2) is 6.19. The van der Waals surface area contributed by atoms with E-state index in [-0.39, 0.29) is 0 Å². The zero-order valence-corrected chi connectivity index (χ0v) is 14.3. The second-order valence-corrected chi connectivity index (χ2v) is 6.79. The largest absolute Gasteiger partial charge is 0.0765 e. The summed E-state index contributed by atoms with van der Waals surface area (Å²) >= 11 is 3.66. The lowest BCUT2D eigenvalue weighted by molar-refractivity contribution is 0.795. The Kier molecular flexibility index (Phi) is 4.30. The normalized spacial score (nSPS) is 13.2. The minimum Gasteiger partial charge on any atom is -0.0765 e. The molecule has 0 atom stereocenters. The highest BCUT2D eigenvalue weighted by Crippen LogP contribution is 2.38. The average molecular weight is 341 g/mol. The first-order valence-corrected chi connectivity index (χ1v) is 8.57. The van der Waals surface area contributed by atoms with Gasteiger partial charge in [0.15, 0.2) is 0 Å². The third-order valence-corrected chi connectivity index (χ3v) is 4.75. The molecule has 0 radical (unpaired) electrons. The van der Waals surface area contributed by atoms with Crippen molar-refractivity contribution in [2.75, 3.05) is 0 Å². The fraction of sp³-hybridized carbons (Fsp3) is 0.300. The van der Waals surface area contributed by atoms with Crippen LogP contribution in [-0.4, -0.2) is 0 Å². The summed E-state index contributed by atoms with van der Waals surface area (Å²) in [7, 11) is 0. The van der Waals surface area contributed by atoms with Gasteiger partial charge in [0.25, 0.3) is 0 Å². The van der Waals surface area contributed by atoms with Crippen LogP contribution in [0.3, 0.4) is 0 Å². The lowest BCUT2D eigenvalue weighted by Gasteiger charge is -2.12. The minimum atomic E-state index is 1.06. The van der Waals surface area contributed by atoms with E-state index in [1.807, 2.05) is 0 Å². The third-order valence-electron chi connectivity index (χ3n) is 4.29. The summed E-state index contributed by atoms with van der Waals surface area (Å²) in [5, 5.41) is 0. The van der Waals surface area contributed by atoms with Gasteiger partial charge < -0.3 is 0 Å². The second-order valence-electron chi connectivity index (χ2n) is 5.88. The average Bonchev–Trinajstić information content (AvgIpc) is 2.86. The maximum absolute atomic E-state index is 3.66. The summed E-state index contributed by atoms with van der Waals surface area (Å²) in [5.41, 5.74) is 8.39. The van der Waals surface area contributed by atoms with Gasteiger partial charge in [-0.05, 0) is 71.7 Å². The van der Waals surface area contributed by atoms with Gasteiger partial charge >= 0.3 is 0 Å². The van der Waals surface area contributed by atoms with Crippen LogP contribution in [0, 0.1) is 0 Å². The molecule has 1 aliphatic carbocycles. The molecule has 0 N–H and O–H groups in total. The lowest BCUT2D eigenvalue weighted by Crippen LogP contribution is -1.91. The maximum Gasteiger partial charge on any atom is 0.0184 e. The van der Waals surface area contributed by atoms with Crippen molar-refractivity contribution in [1.29, 1.82) is 0 Å². The zero-order chi connectivity index (χ0) is 14.8. The van der Waals surface area contributed by atoms with E-state index in [9.17, 15) is 0 Å². The number of halogens is 1. The van der Waals surface area contributed by atoms with Gasteiger partial charge in [-0.1, -0.05) is 59.6 Å². The Morgan fingerprint density at radius 3 is 2.57 bits per heavy atom. The van der Waals surface area contributed by atoms with E-state index >= 15 is 0 Å². The number of unbranched alkanes of at least 4 members (excludes halogenated alkanes) is 1. The molecule has 0 unspecified atom stereocenters. The molecule has 0 aromatic heterocycles. The van der Waals surface area contributed by atoms with Gasteiger partial charge in [-0.15, -0.1) is 0 Å². The molecule has 0 heterocycles. The Balaban J connectivity index is 1.99. The summed E-state index contributed by atoms with van der Waals surface area (Å²) < 4.78 is 1.18. The van der Waals surface area contributed by atoms with Crippen molar-refractivity contribution in [3.05, 3.63) is 63.6 Å². The van der Waals surface area contributed by atoms with Crippen LogP contribution in [0.1, 0.15) is 43.4 Å². The standard InChI is InChI=1S/C20H21Br/c1-3-4-5-15-7-10-16(11-8-15)19-13-18(21)12-17-9-6-14(2)20(17)19/h6-8,10-13H,3-5,9H2,1-2H3. The first-order chi connectivity index (χ1) is 10.2. The zero-order valence-electron chi connectivity index (χ0n) is 12.7. The topological polar surface area (TPSA) is 0 Å². The van der Waals surface area contributed by atoms with Crippen molar-refractivity contribution in [1.82, 2.24) is 0 Å². The van der Waals surface area contributed by atoms with E-state index in [0.717, 1.165) is 6.42 Å². The molecular formula is C20H21Br. The van der Waals surface area contributed by atoms with E-state index in [2.05, 4.69) is 72.3 Å². The van der Waals surface area contributed by atoms with Gasteiger partial charge in [-0.3, -0.25) is 0 Å². The van der Waals surface area contributed by atoms with Crippen molar-refractivity contribution in [3.63, 3.8) is 0 Å². The van der Waals surface area contributed by atoms with E-state index in [4.69, 9.17) is 0 Å². The molecule has 0 fully saturated rings. The third kappa shape index (κ3) is 2.98. The molecule has 2 aromatic carbocycles. The van der Waals surface area contributed by atoms with E-state index in [1.54, 1.807) is 0 Å². The Morgan fingerprint density at radius 1 is 1.10 bits per heavy atom. The van der Waals surface area contributed by atoms with Gasteiger partial charge in [0.05, 0.1) is 0 Å². The van der Waals surface area contributed by atoms with E-state index in [1.165, 1.54) is 57.1 Å². The Hall–Kier alpha value is -1.34. The van der Waals surface area contributed by atoms with Crippen molar-refractivity contribution in [2.24, 2.45) is 0 Å². The molecule has 1 aliphatic rings. The van der Waals surface area contributed by atoms with Crippen LogP contribution in [0.4, 0.5) is 0 Å². The molecule has 108 valence electrons. The van der Waals surface area contributed by atoms with Crippen LogP contribution in [0.15, 0.2) is 46.9 Å². The number of hydrogen-bond acceptors (Lipinski definition) is 0. The molecule has 0 saturated carbocycles. The fourth-order valence-electron chi connectivity index (χ4n) is 3.11. The van der Waals surface area contributed by atoms with Crippen LogP contribution in [-0.2, 0) is 12.8 Å². The maximum atomic E-state index is 3.66. The molecule has 1 heteroatoms. The van der Waals surface area contributed by atoms with Crippen molar-refractivity contribution in [2.45, 2.75) is 39.5 Å². The summed E-state index contributed by atoms with van der Waals surface area (Å²) in [5.74, 6) is 0. The molecular weight excluding hydrogens is 320 g/mol. The molecule has 0 saturated heterocycles. The Bertz CT molecular complexity index is 678. The van der Waals surface area contributed by atoms with Gasteiger partial charge in [-0.2, -0.15) is 0 Å². The molecule has 0 nitrogen and oxygen atoms in total. The summed E-state index contributed by atoms with van der Waals surface area (Å²) in [6.45, 7) is 4.47. The molecule has 3 rings (SSSR count). The highest BCUT2D eigenvalue weighted by molar-refractivity contribution is 9.10. The van der Waals surface area contributed by atoms with Crippen LogP contribution in [0.25, 0.3) is 16.7 Å². The van der Waals surface area contributed by atoms with Crippen LogP contribution >= 0.6 is 15.9 Å². The summed E-state index contributed by atoms with van der Waals surface area (Å²) in [6, 6.07) is 13.6. The van der Waals surface area contributed by atoms with E-state index < -0.39 is 0 Å². The predicted molar refractivity (Wildman–Crippen MR) is 95.5 cm³/mol. The number of benzene rings is 2. The predicted octanol–water partition coefficient (Wildman–Crippen LogP) is 6.42. The van der Waals surface area contributed by atoms with Crippen molar-refractivity contribution in [3.8, 4) is 11.1 Å². The molecule has 0 spiro atoms. The van der Waals surface area contributed by atoms with Crippen LogP contribution in [0.2, 0.25) is 0 Å². The lowest BCUT2D eigenvalue weighted by atomic mass is 9.93. The fourth-order valence-corrected chi connectivity index (χ4v) is 3.62. The highest BCUT2D eigenvalue weighted by atomic mass is 79.9. The minimum absolute atomic E-state index is 1.06. The summed E-state index contributed by atoms with van der Waals surface area (Å²) in [6.07, 6.45) is 7.10. The number of aryl methyl sites for hydroxylation is 1. The van der Waals surface area contributed by atoms with Crippen LogP contribution < -0.4 is 0 Å². The molecule has 2 aromatic rings. The molecule has 0 bridgehead atoms. The molecule has 0 amide bonds. The first kappa shape index (κ1) is 14.6.